The summed E-state index contributed by atoms with van der Waals surface area (Å²) in [5.41, 5.74) is -1.33. The number of amides is 2. The van der Waals surface area contributed by atoms with E-state index in [0.29, 0.717) is 5.56 Å². The van der Waals surface area contributed by atoms with Gasteiger partial charge in [-0.25, -0.2) is 9.29 Å². The van der Waals surface area contributed by atoms with Crippen molar-refractivity contribution in [1.29, 1.82) is 5.26 Å². The summed E-state index contributed by atoms with van der Waals surface area (Å²) in [6.45, 7) is 1.56. The van der Waals surface area contributed by atoms with E-state index in [1.54, 1.807) is 25.1 Å². The van der Waals surface area contributed by atoms with Crippen LogP contribution < -0.4 is 4.90 Å². The number of hydrogen-bond donors (Lipinski definition) is 1. The summed E-state index contributed by atoms with van der Waals surface area (Å²) in [5.74, 6) is -2.03. The Balaban J connectivity index is 2.25. The summed E-state index contributed by atoms with van der Waals surface area (Å²) in [6, 6.07) is 11.6. The van der Waals surface area contributed by atoms with Crippen LogP contribution in [0.25, 0.3) is 0 Å². The molecule has 0 aliphatic carbocycles. The Kier molecular flexibility index (Phi) is 3.66. The van der Waals surface area contributed by atoms with Gasteiger partial charge in [-0.1, -0.05) is 18.2 Å². The fourth-order valence-corrected chi connectivity index (χ4v) is 2.92. The SMILES string of the molecule is Cc1cc(F)ccc1N1C(=O)c2ccccc2C(O)(CC#N)C1=O. The van der Waals surface area contributed by atoms with Crippen LogP contribution >= 0.6 is 0 Å². The second-order valence-electron chi connectivity index (χ2n) is 5.62. The number of aliphatic hydroxyl groups is 1. The maximum atomic E-state index is 13.3. The number of hydrogen-bond acceptors (Lipinski definition) is 4. The van der Waals surface area contributed by atoms with Crippen LogP contribution in [0.15, 0.2) is 42.5 Å². The standard InChI is InChI=1S/C18H13FN2O3/c1-11-10-12(19)6-7-15(11)21-16(22)13-4-2-3-5-14(13)18(24,8-9-20)17(21)23/h2-7,10,24H,8H2,1H3. The van der Waals surface area contributed by atoms with Gasteiger partial charge in [-0.3, -0.25) is 9.59 Å². The smallest absolute Gasteiger partial charge is 0.271 e. The molecule has 1 atom stereocenters. The predicted molar refractivity (Wildman–Crippen MR) is 83.5 cm³/mol. The van der Waals surface area contributed by atoms with Crippen molar-refractivity contribution < 1.29 is 19.1 Å². The number of aryl methyl sites for hydroxylation is 1. The molecular formula is C18H13FN2O3. The third kappa shape index (κ3) is 2.18. The Bertz CT molecular complexity index is 903. The lowest BCUT2D eigenvalue weighted by Gasteiger charge is -2.37. The van der Waals surface area contributed by atoms with Crippen LogP contribution in [0.3, 0.4) is 0 Å². The summed E-state index contributed by atoms with van der Waals surface area (Å²) >= 11 is 0. The number of carbonyl (C=O) groups excluding carboxylic acids is 2. The summed E-state index contributed by atoms with van der Waals surface area (Å²) in [6.07, 6.45) is -0.493. The maximum absolute atomic E-state index is 13.3. The number of benzene rings is 2. The molecule has 0 fully saturated rings. The van der Waals surface area contributed by atoms with E-state index in [1.165, 1.54) is 24.3 Å². The van der Waals surface area contributed by atoms with E-state index in [4.69, 9.17) is 5.26 Å². The van der Waals surface area contributed by atoms with Gasteiger partial charge in [-0.15, -0.1) is 0 Å². The second kappa shape index (κ2) is 5.55. The van der Waals surface area contributed by atoms with Crippen LogP contribution in [-0.4, -0.2) is 16.9 Å². The average molecular weight is 324 g/mol. The molecule has 0 spiro atoms. The van der Waals surface area contributed by atoms with Crippen molar-refractivity contribution in [2.45, 2.75) is 18.9 Å². The van der Waals surface area contributed by atoms with E-state index in [2.05, 4.69) is 0 Å². The lowest BCUT2D eigenvalue weighted by molar-refractivity contribution is -0.137. The molecular weight excluding hydrogens is 311 g/mol. The Labute approximate surface area is 137 Å². The first-order valence-corrected chi connectivity index (χ1v) is 7.24. The molecule has 24 heavy (non-hydrogen) atoms. The summed E-state index contributed by atoms with van der Waals surface area (Å²) < 4.78 is 13.3. The fraction of sp³-hybridized carbons (Fsp3) is 0.167. The van der Waals surface area contributed by atoms with Crippen molar-refractivity contribution in [2.75, 3.05) is 4.90 Å². The highest BCUT2D eigenvalue weighted by Crippen LogP contribution is 2.38. The molecule has 6 heteroatoms. The molecule has 1 N–H and O–H groups in total. The highest BCUT2D eigenvalue weighted by atomic mass is 19.1. The molecule has 0 aromatic heterocycles. The Morgan fingerprint density at radius 2 is 1.96 bits per heavy atom. The first-order valence-electron chi connectivity index (χ1n) is 7.24. The Morgan fingerprint density at radius 3 is 2.62 bits per heavy atom. The van der Waals surface area contributed by atoms with Gasteiger partial charge in [0.15, 0.2) is 5.60 Å². The highest BCUT2D eigenvalue weighted by Gasteiger charge is 2.50. The normalized spacial score (nSPS) is 19.8. The number of nitrogens with zero attached hydrogens (tertiary/aromatic N) is 2. The van der Waals surface area contributed by atoms with E-state index >= 15 is 0 Å². The Hall–Kier alpha value is -3.04. The minimum absolute atomic E-state index is 0.109. The summed E-state index contributed by atoms with van der Waals surface area (Å²) in [7, 11) is 0. The first kappa shape index (κ1) is 15.8. The zero-order valence-electron chi connectivity index (χ0n) is 12.8. The van der Waals surface area contributed by atoms with Crippen molar-refractivity contribution in [2.24, 2.45) is 0 Å². The van der Waals surface area contributed by atoms with Crippen LogP contribution in [0, 0.1) is 24.1 Å². The number of anilines is 1. The average Bonchev–Trinajstić information content (AvgIpc) is 2.55. The summed E-state index contributed by atoms with van der Waals surface area (Å²) in [4.78, 5) is 26.4. The number of carbonyl (C=O) groups is 2. The lowest BCUT2D eigenvalue weighted by atomic mass is 9.82. The molecule has 5 nitrogen and oxygen atoms in total. The van der Waals surface area contributed by atoms with Crippen molar-refractivity contribution in [3.05, 3.63) is 65.0 Å². The maximum Gasteiger partial charge on any atom is 0.271 e. The number of imide groups is 1. The number of halogens is 1. The molecule has 120 valence electrons. The summed E-state index contributed by atoms with van der Waals surface area (Å²) in [5, 5.41) is 19.9. The predicted octanol–water partition coefficient (Wildman–Crippen LogP) is 2.42. The zero-order valence-corrected chi connectivity index (χ0v) is 12.8. The van der Waals surface area contributed by atoms with Gasteiger partial charge < -0.3 is 5.11 Å². The van der Waals surface area contributed by atoms with Crippen LogP contribution in [-0.2, 0) is 10.4 Å². The monoisotopic (exact) mass is 324 g/mol. The topological polar surface area (TPSA) is 81.4 Å². The number of rotatable bonds is 2. The van der Waals surface area contributed by atoms with Gasteiger partial charge in [0.05, 0.1) is 18.2 Å². The molecule has 0 saturated heterocycles. The van der Waals surface area contributed by atoms with Crippen molar-refractivity contribution >= 4 is 17.5 Å². The van der Waals surface area contributed by atoms with Crippen molar-refractivity contribution in [1.82, 2.24) is 0 Å². The fourth-order valence-electron chi connectivity index (χ4n) is 2.92. The molecule has 1 heterocycles. The molecule has 0 radical (unpaired) electrons. The minimum Gasteiger partial charge on any atom is -0.374 e. The number of nitriles is 1. The van der Waals surface area contributed by atoms with Gasteiger partial charge in [0.2, 0.25) is 0 Å². The number of fused-ring (bicyclic) bond motifs is 1. The molecule has 2 aromatic carbocycles. The van der Waals surface area contributed by atoms with Crippen molar-refractivity contribution in [3.63, 3.8) is 0 Å². The van der Waals surface area contributed by atoms with Gasteiger partial charge in [0.1, 0.15) is 5.82 Å². The van der Waals surface area contributed by atoms with Crippen LogP contribution in [0.4, 0.5) is 10.1 Å². The minimum atomic E-state index is -2.12. The lowest BCUT2D eigenvalue weighted by Crippen LogP contribution is -2.55. The third-order valence-electron chi connectivity index (χ3n) is 4.10. The van der Waals surface area contributed by atoms with Gasteiger partial charge >= 0.3 is 0 Å². The van der Waals surface area contributed by atoms with Crippen LogP contribution in [0.1, 0.15) is 27.9 Å². The molecule has 3 rings (SSSR count). The third-order valence-corrected chi connectivity index (χ3v) is 4.10. The van der Waals surface area contributed by atoms with E-state index in [1.807, 2.05) is 0 Å². The molecule has 2 amide bonds. The van der Waals surface area contributed by atoms with E-state index < -0.39 is 29.7 Å². The van der Waals surface area contributed by atoms with Crippen LogP contribution in [0.5, 0.6) is 0 Å². The van der Waals surface area contributed by atoms with Gasteiger partial charge in [0.25, 0.3) is 11.8 Å². The second-order valence-corrected chi connectivity index (χ2v) is 5.62. The molecule has 0 bridgehead atoms. The zero-order chi connectivity index (χ0) is 17.5. The van der Waals surface area contributed by atoms with Gasteiger partial charge in [0, 0.05) is 11.1 Å². The first-order chi connectivity index (χ1) is 11.4. The highest BCUT2D eigenvalue weighted by molar-refractivity contribution is 6.27. The molecule has 1 aliphatic rings. The molecule has 1 unspecified atom stereocenters. The van der Waals surface area contributed by atoms with E-state index in [9.17, 15) is 19.1 Å². The van der Waals surface area contributed by atoms with Crippen molar-refractivity contribution in [3.8, 4) is 6.07 Å². The largest absolute Gasteiger partial charge is 0.374 e. The van der Waals surface area contributed by atoms with Gasteiger partial charge in [-0.2, -0.15) is 5.26 Å². The van der Waals surface area contributed by atoms with E-state index in [-0.39, 0.29) is 16.8 Å². The van der Waals surface area contributed by atoms with Gasteiger partial charge in [-0.05, 0) is 36.8 Å². The quantitative estimate of drug-likeness (QED) is 0.860. The van der Waals surface area contributed by atoms with Crippen LogP contribution in [0.2, 0.25) is 0 Å². The molecule has 0 saturated carbocycles. The molecule has 1 aliphatic heterocycles. The Morgan fingerprint density at radius 1 is 1.25 bits per heavy atom. The van der Waals surface area contributed by atoms with E-state index in [0.717, 1.165) is 11.0 Å². The molecule has 2 aromatic rings.